The molecule has 1 amide bonds. The largest absolute Gasteiger partial charge is 0.387 e. The first-order valence-electron chi connectivity index (χ1n) is 11.1. The van der Waals surface area contributed by atoms with Crippen molar-refractivity contribution < 1.29 is 18.5 Å². The molecule has 0 fully saturated rings. The third-order valence-corrected chi connectivity index (χ3v) is 6.31. The second-order valence-corrected chi connectivity index (χ2v) is 9.87. The van der Waals surface area contributed by atoms with E-state index in [2.05, 4.69) is 26.7 Å². The maximum Gasteiger partial charge on any atom is 0.255 e. The number of pyridine rings is 2. The molecule has 0 aliphatic rings. The van der Waals surface area contributed by atoms with Gasteiger partial charge in [-0.2, -0.15) is 5.26 Å². The fraction of sp³-hybridized carbons (Fsp3) is 0.200. The SMILES string of the molecule is CC(C)(O)C(F)CNC(=O)c1cnc(-n2ccc3cc(C#N)cnc32)cc1Nc1cccc(S(N)=O)c1. The Labute approximate surface area is 214 Å². The van der Waals surface area contributed by atoms with Crippen molar-refractivity contribution in [2.24, 2.45) is 5.14 Å². The van der Waals surface area contributed by atoms with Crippen LogP contribution in [0, 0.1) is 11.3 Å². The summed E-state index contributed by atoms with van der Waals surface area (Å²) in [5.74, 6) is -0.189. The molecule has 2 atom stereocenters. The van der Waals surface area contributed by atoms with Crippen molar-refractivity contribution in [1.82, 2.24) is 19.9 Å². The van der Waals surface area contributed by atoms with Crippen LogP contribution in [-0.4, -0.2) is 48.1 Å². The molecule has 0 saturated heterocycles. The number of nitrogens with two attached hydrogens (primary N) is 1. The number of amides is 1. The van der Waals surface area contributed by atoms with E-state index >= 15 is 0 Å². The van der Waals surface area contributed by atoms with Gasteiger partial charge in [-0.1, -0.05) is 6.07 Å². The first kappa shape index (κ1) is 25.9. The normalized spacial score (nSPS) is 13.1. The average Bonchev–Trinajstić information content (AvgIpc) is 3.29. The number of aliphatic hydroxyl groups is 1. The standard InChI is InChI=1S/C25H24FN7O3S/c1-25(2,35)21(26)14-31-24(34)19-13-29-22(33-7-6-16-8-15(11-27)12-30-23(16)33)10-20(19)32-17-4-3-5-18(9-17)37(28)36/h3-10,12-13,21,35H,14,28H2,1-2H3,(H,29,32)(H,31,34). The number of hydrogen-bond acceptors (Lipinski definition) is 7. The summed E-state index contributed by atoms with van der Waals surface area (Å²) >= 11 is 0. The number of nitriles is 1. The van der Waals surface area contributed by atoms with Crippen molar-refractivity contribution in [1.29, 1.82) is 5.26 Å². The fourth-order valence-electron chi connectivity index (χ4n) is 3.51. The van der Waals surface area contributed by atoms with Crippen molar-refractivity contribution in [3.63, 3.8) is 0 Å². The van der Waals surface area contributed by atoms with E-state index in [-0.39, 0.29) is 5.56 Å². The van der Waals surface area contributed by atoms with Crippen molar-refractivity contribution in [3.05, 3.63) is 72.2 Å². The number of alkyl halides is 1. The summed E-state index contributed by atoms with van der Waals surface area (Å²) < 4.78 is 27.7. The Bertz CT molecular complexity index is 1540. The van der Waals surface area contributed by atoms with Crippen LogP contribution in [0.5, 0.6) is 0 Å². The van der Waals surface area contributed by atoms with Crippen LogP contribution in [0.25, 0.3) is 16.9 Å². The highest BCUT2D eigenvalue weighted by molar-refractivity contribution is 7.82. The van der Waals surface area contributed by atoms with E-state index in [9.17, 15) is 18.5 Å². The number of fused-ring (bicyclic) bond motifs is 1. The molecule has 0 spiro atoms. The van der Waals surface area contributed by atoms with Gasteiger partial charge < -0.3 is 15.7 Å². The minimum Gasteiger partial charge on any atom is -0.387 e. The van der Waals surface area contributed by atoms with Gasteiger partial charge in [0.15, 0.2) is 0 Å². The molecule has 3 aromatic heterocycles. The Hall–Kier alpha value is -4.18. The third-order valence-electron chi connectivity index (χ3n) is 5.59. The number of anilines is 2. The van der Waals surface area contributed by atoms with E-state index in [1.807, 2.05) is 0 Å². The van der Waals surface area contributed by atoms with Gasteiger partial charge in [0.25, 0.3) is 5.91 Å². The Kier molecular flexibility index (Phi) is 7.30. The zero-order valence-electron chi connectivity index (χ0n) is 20.0. The lowest BCUT2D eigenvalue weighted by Gasteiger charge is -2.22. The fourth-order valence-corrected chi connectivity index (χ4v) is 3.97. The lowest BCUT2D eigenvalue weighted by atomic mass is 10.0. The molecule has 0 bridgehead atoms. The summed E-state index contributed by atoms with van der Waals surface area (Å²) in [5, 5.41) is 30.8. The summed E-state index contributed by atoms with van der Waals surface area (Å²) in [6.45, 7) is 2.23. The number of benzene rings is 1. The van der Waals surface area contributed by atoms with E-state index in [1.54, 1.807) is 53.2 Å². The number of aromatic nitrogens is 3. The molecular weight excluding hydrogens is 497 g/mol. The van der Waals surface area contributed by atoms with Gasteiger partial charge in [0.1, 0.15) is 34.7 Å². The van der Waals surface area contributed by atoms with Gasteiger partial charge in [-0.05, 0) is 44.2 Å². The number of halogens is 1. The number of carbonyl (C=O) groups excluding carboxylic acids is 1. The predicted molar refractivity (Wildman–Crippen MR) is 137 cm³/mol. The van der Waals surface area contributed by atoms with Crippen molar-refractivity contribution in [3.8, 4) is 11.9 Å². The highest BCUT2D eigenvalue weighted by Crippen LogP contribution is 2.26. The number of hydrogen-bond donors (Lipinski definition) is 4. The Balaban J connectivity index is 1.73. The van der Waals surface area contributed by atoms with Crippen LogP contribution in [0.15, 0.2) is 66.0 Å². The molecule has 0 saturated carbocycles. The maximum absolute atomic E-state index is 14.2. The van der Waals surface area contributed by atoms with Gasteiger partial charge in [0, 0.05) is 35.7 Å². The van der Waals surface area contributed by atoms with Crippen LogP contribution in [0.3, 0.4) is 0 Å². The minimum atomic E-state index is -1.71. The number of rotatable bonds is 8. The molecule has 10 nitrogen and oxygen atoms in total. The first-order chi connectivity index (χ1) is 17.6. The molecule has 0 aliphatic heterocycles. The van der Waals surface area contributed by atoms with Gasteiger partial charge in [-0.25, -0.2) is 23.7 Å². The summed E-state index contributed by atoms with van der Waals surface area (Å²) in [6, 6.07) is 13.7. The first-order valence-corrected chi connectivity index (χ1v) is 12.3. The van der Waals surface area contributed by atoms with Crippen molar-refractivity contribution in [2.75, 3.05) is 11.9 Å². The number of carbonyl (C=O) groups is 1. The van der Waals surface area contributed by atoms with Crippen LogP contribution in [0.4, 0.5) is 15.8 Å². The maximum atomic E-state index is 14.2. The Morgan fingerprint density at radius 3 is 2.76 bits per heavy atom. The molecule has 4 aromatic rings. The molecule has 2 unspecified atom stereocenters. The quantitative estimate of drug-likeness (QED) is 0.277. The molecule has 190 valence electrons. The smallest absolute Gasteiger partial charge is 0.255 e. The van der Waals surface area contributed by atoms with Gasteiger partial charge >= 0.3 is 0 Å². The highest BCUT2D eigenvalue weighted by atomic mass is 32.2. The molecule has 4 rings (SSSR count). The summed E-state index contributed by atoms with van der Waals surface area (Å²) in [4.78, 5) is 22.1. The van der Waals surface area contributed by atoms with Crippen LogP contribution in [-0.2, 0) is 11.0 Å². The van der Waals surface area contributed by atoms with Crippen LogP contribution in [0.1, 0.15) is 29.8 Å². The Morgan fingerprint density at radius 1 is 1.27 bits per heavy atom. The Morgan fingerprint density at radius 2 is 2.05 bits per heavy atom. The van der Waals surface area contributed by atoms with E-state index in [1.165, 1.54) is 26.2 Å². The lowest BCUT2D eigenvalue weighted by Crippen LogP contribution is -2.42. The zero-order valence-corrected chi connectivity index (χ0v) is 20.8. The number of nitrogens with zero attached hydrogens (tertiary/aromatic N) is 4. The molecule has 3 heterocycles. The van der Waals surface area contributed by atoms with Crippen molar-refractivity contribution >= 4 is 39.3 Å². The van der Waals surface area contributed by atoms with Gasteiger partial charge in [-0.3, -0.25) is 9.36 Å². The summed E-state index contributed by atoms with van der Waals surface area (Å²) in [6.07, 6.45) is 2.84. The van der Waals surface area contributed by atoms with Gasteiger partial charge in [-0.15, -0.1) is 0 Å². The minimum absolute atomic E-state index is 0.113. The van der Waals surface area contributed by atoms with Crippen LogP contribution in [0.2, 0.25) is 0 Å². The molecule has 5 N–H and O–H groups in total. The number of nitrogens with one attached hydrogen (secondary N) is 2. The molecule has 0 aliphatic carbocycles. The lowest BCUT2D eigenvalue weighted by molar-refractivity contribution is -0.00177. The third kappa shape index (κ3) is 5.80. The summed E-state index contributed by atoms with van der Waals surface area (Å²) in [5.41, 5.74) is 0.306. The molecule has 37 heavy (non-hydrogen) atoms. The molecular formula is C25H24FN7O3S. The zero-order chi connectivity index (χ0) is 26.7. The van der Waals surface area contributed by atoms with Crippen LogP contribution < -0.4 is 15.8 Å². The van der Waals surface area contributed by atoms with E-state index in [4.69, 9.17) is 10.4 Å². The van der Waals surface area contributed by atoms with E-state index in [0.29, 0.717) is 33.3 Å². The van der Waals surface area contributed by atoms with Gasteiger partial charge in [0.2, 0.25) is 0 Å². The van der Waals surface area contributed by atoms with E-state index < -0.39 is 35.2 Å². The second-order valence-electron chi connectivity index (χ2n) is 8.80. The van der Waals surface area contributed by atoms with Crippen molar-refractivity contribution in [2.45, 2.75) is 30.5 Å². The molecule has 0 radical (unpaired) electrons. The van der Waals surface area contributed by atoms with Gasteiger partial charge in [0.05, 0.1) is 33.9 Å². The monoisotopic (exact) mass is 521 g/mol. The highest BCUT2D eigenvalue weighted by Gasteiger charge is 2.27. The topological polar surface area (TPSA) is 159 Å². The second kappa shape index (κ2) is 10.4. The molecule has 12 heteroatoms. The van der Waals surface area contributed by atoms with E-state index in [0.717, 1.165) is 5.39 Å². The molecule has 1 aromatic carbocycles. The summed E-state index contributed by atoms with van der Waals surface area (Å²) in [7, 11) is -1.71. The predicted octanol–water partition coefficient (Wildman–Crippen LogP) is 2.86. The average molecular weight is 522 g/mol. The van der Waals surface area contributed by atoms with Crippen LogP contribution >= 0.6 is 0 Å².